The maximum atomic E-state index is 9.81. The molecule has 0 amide bonds. The average Bonchev–Trinajstić information content (AvgIpc) is 3.29. The van der Waals surface area contributed by atoms with E-state index in [9.17, 15) is 10.2 Å². The van der Waals surface area contributed by atoms with Crippen molar-refractivity contribution in [2.24, 2.45) is 5.73 Å². The Morgan fingerprint density at radius 2 is 1.68 bits per heavy atom. The van der Waals surface area contributed by atoms with E-state index in [2.05, 4.69) is 16.8 Å². The number of benzene rings is 2. The van der Waals surface area contributed by atoms with Gasteiger partial charge < -0.3 is 30.4 Å². The van der Waals surface area contributed by atoms with Crippen molar-refractivity contribution < 1.29 is 20.1 Å². The van der Waals surface area contributed by atoms with Crippen molar-refractivity contribution in [1.82, 2.24) is 9.55 Å². The van der Waals surface area contributed by atoms with Crippen molar-refractivity contribution in [3.8, 4) is 28.7 Å². The molecule has 0 saturated carbocycles. The molecule has 0 aliphatic rings. The molecule has 0 bridgehead atoms. The van der Waals surface area contributed by atoms with E-state index in [1.807, 2.05) is 48.5 Å². The van der Waals surface area contributed by atoms with Crippen molar-refractivity contribution in [2.75, 3.05) is 19.8 Å². The highest BCUT2D eigenvalue weighted by Gasteiger charge is 2.14. The number of hydrogen-bond donors (Lipinski definition) is 4. The van der Waals surface area contributed by atoms with Crippen molar-refractivity contribution >= 4 is 0 Å². The Bertz CT molecular complexity index is 1020. The highest BCUT2D eigenvalue weighted by Crippen LogP contribution is 2.23. The molecule has 3 atom stereocenters. The third kappa shape index (κ3) is 5.94. The second-order valence-electron chi connectivity index (χ2n) is 7.19. The normalized spacial score (nSPS) is 13.7. The molecule has 7 nitrogen and oxygen atoms in total. The molecule has 0 fully saturated rings. The Hall–Kier alpha value is -3.15. The van der Waals surface area contributed by atoms with Crippen LogP contribution < -0.4 is 10.5 Å². The number of aliphatic hydroxyl groups excluding tert-OH is 3. The summed E-state index contributed by atoms with van der Waals surface area (Å²) >= 11 is 0. The number of aliphatic hydroxyl groups is 3. The predicted molar refractivity (Wildman–Crippen MR) is 118 cm³/mol. The summed E-state index contributed by atoms with van der Waals surface area (Å²) in [6.45, 7) is 1.59. The summed E-state index contributed by atoms with van der Waals surface area (Å²) in [6.07, 6.45) is 2.54. The van der Waals surface area contributed by atoms with Gasteiger partial charge in [0, 0.05) is 18.0 Å². The van der Waals surface area contributed by atoms with Gasteiger partial charge in [0.25, 0.3) is 0 Å². The maximum absolute atomic E-state index is 9.81. The first kappa shape index (κ1) is 22.5. The van der Waals surface area contributed by atoms with Crippen LogP contribution in [0, 0.1) is 11.8 Å². The Labute approximate surface area is 181 Å². The van der Waals surface area contributed by atoms with Crippen LogP contribution in [0.1, 0.15) is 30.5 Å². The van der Waals surface area contributed by atoms with E-state index in [0.717, 1.165) is 16.7 Å². The average molecular weight is 421 g/mol. The summed E-state index contributed by atoms with van der Waals surface area (Å²) in [6, 6.07) is 14.6. The van der Waals surface area contributed by atoms with Crippen molar-refractivity contribution in [3.05, 3.63) is 72.3 Å². The quantitative estimate of drug-likeness (QED) is 0.413. The molecule has 1 aromatic heterocycles. The number of nitrogens with two attached hydrogens (primary N) is 1. The molecular formula is C24H27N3O4. The summed E-state index contributed by atoms with van der Waals surface area (Å²) in [7, 11) is 0. The van der Waals surface area contributed by atoms with Crippen LogP contribution in [-0.4, -0.2) is 50.7 Å². The fraction of sp³-hybridized carbons (Fsp3) is 0.292. The van der Waals surface area contributed by atoms with Crippen molar-refractivity contribution in [1.29, 1.82) is 0 Å². The van der Waals surface area contributed by atoms with Crippen LogP contribution >= 0.6 is 0 Å². The Morgan fingerprint density at radius 3 is 2.26 bits per heavy atom. The summed E-state index contributed by atoms with van der Waals surface area (Å²) in [5.74, 6) is 7.29. The van der Waals surface area contributed by atoms with Crippen LogP contribution in [0.15, 0.2) is 60.9 Å². The van der Waals surface area contributed by atoms with E-state index in [0.29, 0.717) is 11.6 Å². The second kappa shape index (κ2) is 10.8. The first-order valence-electron chi connectivity index (χ1n) is 10.0. The van der Waals surface area contributed by atoms with Gasteiger partial charge in [-0.3, -0.25) is 0 Å². The summed E-state index contributed by atoms with van der Waals surface area (Å²) in [5.41, 5.74) is 8.53. The highest BCUT2D eigenvalue weighted by molar-refractivity contribution is 5.65. The number of ether oxygens (including phenoxy) is 1. The fourth-order valence-electron chi connectivity index (χ4n) is 3.03. The van der Waals surface area contributed by atoms with Crippen molar-refractivity contribution in [3.63, 3.8) is 0 Å². The van der Waals surface area contributed by atoms with Crippen LogP contribution in [-0.2, 0) is 0 Å². The third-order valence-corrected chi connectivity index (χ3v) is 4.74. The fourth-order valence-corrected chi connectivity index (χ4v) is 3.03. The molecule has 0 radical (unpaired) electrons. The van der Waals surface area contributed by atoms with Gasteiger partial charge in [-0.05, 0) is 42.3 Å². The highest BCUT2D eigenvalue weighted by atomic mass is 16.5. The molecule has 0 aliphatic carbocycles. The maximum Gasteiger partial charge on any atom is 0.138 e. The molecule has 3 rings (SSSR count). The van der Waals surface area contributed by atoms with E-state index in [4.69, 9.17) is 15.6 Å². The molecule has 2 aromatic carbocycles. The Morgan fingerprint density at radius 1 is 1.03 bits per heavy atom. The molecule has 3 aromatic rings. The first-order chi connectivity index (χ1) is 15.0. The monoisotopic (exact) mass is 421 g/mol. The summed E-state index contributed by atoms with van der Waals surface area (Å²) in [4.78, 5) is 4.12. The number of aromatic nitrogens is 2. The zero-order chi connectivity index (χ0) is 22.2. The van der Waals surface area contributed by atoms with Gasteiger partial charge >= 0.3 is 0 Å². The molecule has 0 aliphatic heterocycles. The zero-order valence-corrected chi connectivity index (χ0v) is 17.3. The number of rotatable bonds is 8. The van der Waals surface area contributed by atoms with Crippen LogP contribution in [0.25, 0.3) is 11.1 Å². The van der Waals surface area contributed by atoms with Gasteiger partial charge in [0.15, 0.2) is 0 Å². The van der Waals surface area contributed by atoms with Crippen LogP contribution in [0.4, 0.5) is 0 Å². The Balaban J connectivity index is 1.68. The lowest BCUT2D eigenvalue weighted by atomic mass is 10.0. The molecular weight excluding hydrogens is 394 g/mol. The van der Waals surface area contributed by atoms with E-state index >= 15 is 0 Å². The van der Waals surface area contributed by atoms with Gasteiger partial charge in [-0.15, -0.1) is 0 Å². The van der Waals surface area contributed by atoms with Gasteiger partial charge in [-0.2, -0.15) is 0 Å². The lowest BCUT2D eigenvalue weighted by Crippen LogP contribution is -2.31. The molecule has 3 unspecified atom stereocenters. The van der Waals surface area contributed by atoms with E-state index in [-0.39, 0.29) is 19.8 Å². The van der Waals surface area contributed by atoms with Crippen LogP contribution in [0.2, 0.25) is 0 Å². The minimum atomic E-state index is -0.742. The Kier molecular flexibility index (Phi) is 7.82. The van der Waals surface area contributed by atoms with E-state index in [1.165, 1.54) is 0 Å². The lowest BCUT2D eigenvalue weighted by molar-refractivity contribution is 0.176. The minimum Gasteiger partial charge on any atom is -0.492 e. The molecule has 1 heterocycles. The van der Waals surface area contributed by atoms with Gasteiger partial charge in [0.05, 0.1) is 19.3 Å². The van der Waals surface area contributed by atoms with Crippen LogP contribution in [0.5, 0.6) is 5.75 Å². The molecule has 0 saturated heterocycles. The van der Waals surface area contributed by atoms with Gasteiger partial charge in [-0.1, -0.05) is 36.1 Å². The SMILES string of the molecule is CC(O)c1nccn1C(C#Cc1ccc(-c2ccc(OCC(N)CO)cc2)cc1)CO. The van der Waals surface area contributed by atoms with Crippen molar-refractivity contribution in [2.45, 2.75) is 25.1 Å². The molecule has 5 N–H and O–H groups in total. The second-order valence-corrected chi connectivity index (χ2v) is 7.19. The lowest BCUT2D eigenvalue weighted by Gasteiger charge is -2.14. The van der Waals surface area contributed by atoms with E-state index < -0.39 is 18.2 Å². The summed E-state index contributed by atoms with van der Waals surface area (Å²) < 4.78 is 7.23. The molecule has 162 valence electrons. The molecule has 31 heavy (non-hydrogen) atoms. The first-order valence-corrected chi connectivity index (χ1v) is 10.0. The minimum absolute atomic E-state index is 0.115. The number of hydrogen-bond acceptors (Lipinski definition) is 6. The molecule has 7 heteroatoms. The molecule has 0 spiro atoms. The number of nitrogens with zero attached hydrogens (tertiary/aromatic N) is 2. The van der Waals surface area contributed by atoms with Gasteiger partial charge in [0.2, 0.25) is 0 Å². The van der Waals surface area contributed by atoms with Crippen LogP contribution in [0.3, 0.4) is 0 Å². The zero-order valence-electron chi connectivity index (χ0n) is 17.3. The standard InChI is InChI=1S/C24H27N3O4/c1-17(30)24-26-12-13-27(24)22(15-29)9-4-18-2-5-19(6-3-18)20-7-10-23(11-8-20)31-16-21(25)14-28/h2-3,5-8,10-13,17,21-22,28-30H,14-16,25H2,1H3. The topological polar surface area (TPSA) is 114 Å². The van der Waals surface area contributed by atoms with E-state index in [1.54, 1.807) is 23.9 Å². The smallest absolute Gasteiger partial charge is 0.138 e. The third-order valence-electron chi connectivity index (χ3n) is 4.74. The summed E-state index contributed by atoms with van der Waals surface area (Å²) in [5, 5.41) is 28.5. The number of imidazole rings is 1. The predicted octanol–water partition coefficient (Wildman–Crippen LogP) is 1.89. The largest absolute Gasteiger partial charge is 0.492 e. The van der Waals surface area contributed by atoms with Gasteiger partial charge in [0.1, 0.15) is 30.3 Å². The van der Waals surface area contributed by atoms with Gasteiger partial charge in [-0.25, -0.2) is 4.98 Å².